The van der Waals surface area contributed by atoms with Gasteiger partial charge in [-0.15, -0.1) is 0 Å². The van der Waals surface area contributed by atoms with Crippen molar-refractivity contribution >= 4 is 25.8 Å². The first-order valence-electron chi connectivity index (χ1n) is 5.95. The molecule has 6 heteroatoms. The molecule has 0 aliphatic heterocycles. The molecule has 0 saturated carbocycles. The number of nitrogens with zero attached hydrogens (tertiary/aromatic N) is 1. The second-order valence-electron chi connectivity index (χ2n) is 4.30. The maximum Gasteiger partial charge on any atom is 0.147 e. The van der Waals surface area contributed by atoms with E-state index in [0.29, 0.717) is 6.42 Å². The van der Waals surface area contributed by atoms with Crippen molar-refractivity contribution in [2.45, 2.75) is 25.8 Å². The average molecular weight is 335 g/mol. The maximum atomic E-state index is 11.3. The fourth-order valence-corrected chi connectivity index (χ4v) is 2.84. The number of pyridine rings is 1. The summed E-state index contributed by atoms with van der Waals surface area (Å²) >= 11 is 3.46. The van der Waals surface area contributed by atoms with Crippen LogP contribution < -0.4 is 5.32 Å². The van der Waals surface area contributed by atoms with E-state index >= 15 is 0 Å². The SMILES string of the molecule is CCCNC(CCS(C)(=O)=O)c1ncccc1Br. The second-order valence-corrected chi connectivity index (χ2v) is 7.41. The van der Waals surface area contributed by atoms with E-state index in [4.69, 9.17) is 0 Å². The van der Waals surface area contributed by atoms with Crippen LogP contribution in [0.25, 0.3) is 0 Å². The quantitative estimate of drug-likeness (QED) is 0.831. The van der Waals surface area contributed by atoms with Gasteiger partial charge in [-0.25, -0.2) is 8.42 Å². The summed E-state index contributed by atoms with van der Waals surface area (Å²) in [4.78, 5) is 4.33. The Balaban J connectivity index is 2.81. The van der Waals surface area contributed by atoms with Gasteiger partial charge in [0.15, 0.2) is 0 Å². The Hall–Kier alpha value is -0.460. The van der Waals surface area contributed by atoms with Gasteiger partial charge in [0, 0.05) is 16.9 Å². The summed E-state index contributed by atoms with van der Waals surface area (Å²) in [5.74, 6) is 0.164. The fraction of sp³-hybridized carbons (Fsp3) is 0.583. The van der Waals surface area contributed by atoms with Gasteiger partial charge >= 0.3 is 0 Å². The Morgan fingerprint density at radius 2 is 2.22 bits per heavy atom. The van der Waals surface area contributed by atoms with Gasteiger partial charge in [-0.1, -0.05) is 6.92 Å². The molecule has 0 aromatic carbocycles. The lowest BCUT2D eigenvalue weighted by Gasteiger charge is -2.18. The zero-order valence-electron chi connectivity index (χ0n) is 10.7. The van der Waals surface area contributed by atoms with Crippen molar-refractivity contribution in [3.05, 3.63) is 28.5 Å². The molecule has 1 aromatic heterocycles. The monoisotopic (exact) mass is 334 g/mol. The largest absolute Gasteiger partial charge is 0.309 e. The van der Waals surface area contributed by atoms with E-state index in [1.54, 1.807) is 6.20 Å². The van der Waals surface area contributed by atoms with Crippen molar-refractivity contribution in [3.8, 4) is 0 Å². The molecule has 1 rings (SSSR count). The highest BCUT2D eigenvalue weighted by Crippen LogP contribution is 2.23. The van der Waals surface area contributed by atoms with Crippen molar-refractivity contribution in [2.24, 2.45) is 0 Å². The van der Waals surface area contributed by atoms with Gasteiger partial charge in [-0.05, 0) is 47.4 Å². The minimum Gasteiger partial charge on any atom is -0.309 e. The summed E-state index contributed by atoms with van der Waals surface area (Å²) in [6.07, 6.45) is 4.52. The number of nitrogens with one attached hydrogen (secondary N) is 1. The lowest BCUT2D eigenvalue weighted by molar-refractivity contribution is 0.501. The summed E-state index contributed by atoms with van der Waals surface area (Å²) < 4.78 is 23.4. The van der Waals surface area contributed by atoms with Gasteiger partial charge in [0.2, 0.25) is 0 Å². The van der Waals surface area contributed by atoms with Crippen molar-refractivity contribution in [3.63, 3.8) is 0 Å². The molecule has 1 N–H and O–H groups in total. The van der Waals surface area contributed by atoms with Crippen LogP contribution in [0.2, 0.25) is 0 Å². The molecule has 1 heterocycles. The molecular weight excluding hydrogens is 316 g/mol. The second kappa shape index (κ2) is 7.21. The molecule has 0 saturated heterocycles. The minimum absolute atomic E-state index is 0.0322. The highest BCUT2D eigenvalue weighted by Gasteiger charge is 2.17. The van der Waals surface area contributed by atoms with E-state index in [9.17, 15) is 8.42 Å². The van der Waals surface area contributed by atoms with Gasteiger partial charge in [0.25, 0.3) is 0 Å². The van der Waals surface area contributed by atoms with Crippen LogP contribution in [-0.4, -0.2) is 32.0 Å². The van der Waals surface area contributed by atoms with Crippen LogP contribution in [0.4, 0.5) is 0 Å². The summed E-state index contributed by atoms with van der Waals surface area (Å²) in [6, 6.07) is 3.74. The third-order valence-electron chi connectivity index (χ3n) is 2.54. The van der Waals surface area contributed by atoms with Gasteiger partial charge in [0.1, 0.15) is 9.84 Å². The maximum absolute atomic E-state index is 11.3. The van der Waals surface area contributed by atoms with E-state index < -0.39 is 9.84 Å². The molecule has 0 bridgehead atoms. The zero-order valence-corrected chi connectivity index (χ0v) is 13.1. The molecule has 4 nitrogen and oxygen atoms in total. The van der Waals surface area contributed by atoms with Gasteiger partial charge in [0.05, 0.1) is 17.5 Å². The summed E-state index contributed by atoms with van der Waals surface area (Å²) in [7, 11) is -2.95. The standard InChI is InChI=1S/C12H19BrN2O2S/c1-3-7-14-11(6-9-18(2,16)17)12-10(13)5-4-8-15-12/h4-5,8,11,14H,3,6-7,9H2,1-2H3. The lowest BCUT2D eigenvalue weighted by Crippen LogP contribution is -2.25. The number of hydrogen-bond acceptors (Lipinski definition) is 4. The van der Waals surface area contributed by atoms with E-state index in [2.05, 4.69) is 33.2 Å². The Labute approximate surface area is 117 Å². The number of aromatic nitrogens is 1. The molecular formula is C12H19BrN2O2S. The smallest absolute Gasteiger partial charge is 0.147 e. The number of hydrogen-bond donors (Lipinski definition) is 1. The van der Waals surface area contributed by atoms with Crippen molar-refractivity contribution < 1.29 is 8.42 Å². The highest BCUT2D eigenvalue weighted by molar-refractivity contribution is 9.10. The van der Waals surface area contributed by atoms with Crippen molar-refractivity contribution in [1.29, 1.82) is 0 Å². The van der Waals surface area contributed by atoms with Crippen LogP contribution >= 0.6 is 15.9 Å². The first-order valence-corrected chi connectivity index (χ1v) is 8.81. The lowest BCUT2D eigenvalue weighted by atomic mass is 10.1. The molecule has 0 aliphatic carbocycles. The molecule has 0 spiro atoms. The molecule has 18 heavy (non-hydrogen) atoms. The van der Waals surface area contributed by atoms with Gasteiger partial charge in [-0.2, -0.15) is 0 Å². The van der Waals surface area contributed by atoms with Gasteiger partial charge < -0.3 is 5.32 Å². The molecule has 0 fully saturated rings. The third-order valence-corrected chi connectivity index (χ3v) is 4.18. The van der Waals surface area contributed by atoms with Crippen molar-refractivity contribution in [2.75, 3.05) is 18.6 Å². The average Bonchev–Trinajstić information content (AvgIpc) is 2.29. The molecule has 0 amide bonds. The van der Waals surface area contributed by atoms with Crippen LogP contribution in [0.3, 0.4) is 0 Å². The Morgan fingerprint density at radius 1 is 1.50 bits per heavy atom. The van der Waals surface area contributed by atoms with Crippen LogP contribution in [0, 0.1) is 0 Å². The Kier molecular flexibility index (Phi) is 6.25. The first kappa shape index (κ1) is 15.6. The van der Waals surface area contributed by atoms with Crippen LogP contribution in [0.5, 0.6) is 0 Å². The van der Waals surface area contributed by atoms with Crippen LogP contribution in [0.1, 0.15) is 31.5 Å². The molecule has 0 radical (unpaired) electrons. The van der Waals surface area contributed by atoms with Crippen LogP contribution in [0.15, 0.2) is 22.8 Å². The number of sulfone groups is 1. The van der Waals surface area contributed by atoms with E-state index in [-0.39, 0.29) is 11.8 Å². The zero-order chi connectivity index (χ0) is 13.6. The molecule has 0 aliphatic rings. The van der Waals surface area contributed by atoms with E-state index in [1.165, 1.54) is 6.26 Å². The summed E-state index contributed by atoms with van der Waals surface area (Å²) in [5, 5.41) is 3.34. The molecule has 102 valence electrons. The summed E-state index contributed by atoms with van der Waals surface area (Å²) in [6.45, 7) is 2.92. The predicted octanol–water partition coefficient (Wildman–Crippen LogP) is 2.32. The predicted molar refractivity (Wildman–Crippen MR) is 77.3 cm³/mol. The Bertz CT molecular complexity index is 477. The minimum atomic E-state index is -2.95. The summed E-state index contributed by atoms with van der Waals surface area (Å²) in [5.41, 5.74) is 0.870. The Morgan fingerprint density at radius 3 is 2.78 bits per heavy atom. The normalized spacial score (nSPS) is 13.5. The van der Waals surface area contributed by atoms with E-state index in [0.717, 1.165) is 23.1 Å². The topological polar surface area (TPSA) is 59.1 Å². The molecule has 1 unspecified atom stereocenters. The fourth-order valence-electron chi connectivity index (χ4n) is 1.64. The molecule has 1 aromatic rings. The van der Waals surface area contributed by atoms with Crippen LogP contribution in [-0.2, 0) is 9.84 Å². The van der Waals surface area contributed by atoms with Crippen molar-refractivity contribution in [1.82, 2.24) is 10.3 Å². The van der Waals surface area contributed by atoms with Gasteiger partial charge in [-0.3, -0.25) is 4.98 Å². The molecule has 1 atom stereocenters. The van der Waals surface area contributed by atoms with E-state index in [1.807, 2.05) is 12.1 Å². The third kappa shape index (κ3) is 5.46. The highest BCUT2D eigenvalue weighted by atomic mass is 79.9. The first-order chi connectivity index (χ1) is 8.44. The number of rotatable bonds is 7. The number of halogens is 1.